The predicted molar refractivity (Wildman–Crippen MR) is 70.7 cm³/mol. The van der Waals surface area contributed by atoms with Gasteiger partial charge in [0.1, 0.15) is 6.10 Å². The standard InChI is InChI=1S/C13H18N2O4/c1-8(2)13(16)19-9(3)6-10-7-11(14)4-5-12(10)15(17)18/h4-5,7,9-10,12H,1,6,14H2,2-3H3. The van der Waals surface area contributed by atoms with Crippen molar-refractivity contribution in [1.29, 1.82) is 0 Å². The molecule has 6 heteroatoms. The van der Waals surface area contributed by atoms with Crippen LogP contribution in [0.15, 0.2) is 36.1 Å². The maximum absolute atomic E-state index is 11.4. The van der Waals surface area contributed by atoms with Crippen molar-refractivity contribution in [3.05, 3.63) is 46.2 Å². The zero-order valence-corrected chi connectivity index (χ0v) is 11.0. The van der Waals surface area contributed by atoms with E-state index in [0.29, 0.717) is 17.7 Å². The first kappa shape index (κ1) is 14.9. The Balaban J connectivity index is 2.68. The van der Waals surface area contributed by atoms with Crippen molar-refractivity contribution in [2.45, 2.75) is 32.4 Å². The zero-order chi connectivity index (χ0) is 14.6. The van der Waals surface area contributed by atoms with Gasteiger partial charge in [-0.25, -0.2) is 4.79 Å². The normalized spacial score (nSPS) is 23.4. The number of carbonyl (C=O) groups is 1. The minimum atomic E-state index is -0.835. The fourth-order valence-electron chi connectivity index (χ4n) is 1.90. The summed E-state index contributed by atoms with van der Waals surface area (Å²) >= 11 is 0. The largest absolute Gasteiger partial charge is 0.459 e. The van der Waals surface area contributed by atoms with Gasteiger partial charge in [-0.3, -0.25) is 10.1 Å². The molecular weight excluding hydrogens is 248 g/mol. The predicted octanol–water partition coefficient (Wildman–Crippen LogP) is 1.56. The number of rotatable bonds is 5. The summed E-state index contributed by atoms with van der Waals surface area (Å²) in [4.78, 5) is 21.9. The van der Waals surface area contributed by atoms with Crippen molar-refractivity contribution in [2.75, 3.05) is 0 Å². The third-order valence-electron chi connectivity index (χ3n) is 2.84. The first-order valence-electron chi connectivity index (χ1n) is 5.96. The second-order valence-electron chi connectivity index (χ2n) is 4.70. The van der Waals surface area contributed by atoms with Gasteiger partial charge in [0.25, 0.3) is 0 Å². The van der Waals surface area contributed by atoms with Gasteiger partial charge in [0.15, 0.2) is 0 Å². The van der Waals surface area contributed by atoms with Crippen LogP contribution in [0, 0.1) is 16.0 Å². The van der Waals surface area contributed by atoms with Gasteiger partial charge >= 0.3 is 5.97 Å². The molecule has 0 saturated heterocycles. The van der Waals surface area contributed by atoms with Crippen LogP contribution in [0.2, 0.25) is 0 Å². The monoisotopic (exact) mass is 266 g/mol. The molecule has 1 rings (SSSR count). The van der Waals surface area contributed by atoms with Gasteiger partial charge in [0.05, 0.1) is 5.92 Å². The van der Waals surface area contributed by atoms with E-state index < -0.39 is 18.1 Å². The molecule has 0 spiro atoms. The zero-order valence-electron chi connectivity index (χ0n) is 11.0. The lowest BCUT2D eigenvalue weighted by molar-refractivity contribution is -0.517. The van der Waals surface area contributed by atoms with Crippen LogP contribution in [0.3, 0.4) is 0 Å². The molecule has 3 atom stereocenters. The van der Waals surface area contributed by atoms with Crippen LogP contribution in [0.5, 0.6) is 0 Å². The average Bonchev–Trinajstić information content (AvgIpc) is 2.27. The maximum Gasteiger partial charge on any atom is 0.333 e. The van der Waals surface area contributed by atoms with E-state index in [2.05, 4.69) is 6.58 Å². The summed E-state index contributed by atoms with van der Waals surface area (Å²) < 4.78 is 5.12. The van der Waals surface area contributed by atoms with Crippen molar-refractivity contribution < 1.29 is 14.5 Å². The molecule has 0 fully saturated rings. The summed E-state index contributed by atoms with van der Waals surface area (Å²) in [7, 11) is 0. The second-order valence-corrected chi connectivity index (χ2v) is 4.70. The summed E-state index contributed by atoms with van der Waals surface area (Å²) in [5.41, 5.74) is 6.43. The third kappa shape index (κ3) is 4.24. The smallest absolute Gasteiger partial charge is 0.333 e. The molecule has 19 heavy (non-hydrogen) atoms. The molecule has 0 radical (unpaired) electrons. The van der Waals surface area contributed by atoms with Crippen LogP contribution in [0.1, 0.15) is 20.3 Å². The summed E-state index contributed by atoms with van der Waals surface area (Å²) in [6, 6.07) is -0.835. The average molecular weight is 266 g/mol. The van der Waals surface area contributed by atoms with Crippen LogP contribution in [0.4, 0.5) is 0 Å². The van der Waals surface area contributed by atoms with E-state index in [4.69, 9.17) is 10.5 Å². The van der Waals surface area contributed by atoms with E-state index in [-0.39, 0.29) is 10.8 Å². The molecule has 0 saturated carbocycles. The number of nitrogens with zero attached hydrogens (tertiary/aromatic N) is 1. The Morgan fingerprint density at radius 1 is 1.68 bits per heavy atom. The van der Waals surface area contributed by atoms with Crippen molar-refractivity contribution in [3.8, 4) is 0 Å². The Kier molecular flexibility index (Phi) is 4.86. The van der Waals surface area contributed by atoms with Gasteiger partial charge in [-0.1, -0.05) is 12.7 Å². The number of esters is 1. The molecule has 0 aliphatic heterocycles. The van der Waals surface area contributed by atoms with Crippen molar-refractivity contribution in [1.82, 2.24) is 0 Å². The Hall–Kier alpha value is -2.11. The van der Waals surface area contributed by atoms with Crippen molar-refractivity contribution in [2.24, 2.45) is 11.7 Å². The molecular formula is C13H18N2O4. The Bertz CT molecular complexity index is 454. The maximum atomic E-state index is 11.4. The van der Waals surface area contributed by atoms with Gasteiger partial charge in [-0.15, -0.1) is 0 Å². The molecule has 1 aliphatic rings. The first-order chi connectivity index (χ1) is 8.81. The fraction of sp³-hybridized carbons (Fsp3) is 0.462. The highest BCUT2D eigenvalue weighted by Gasteiger charge is 2.31. The van der Waals surface area contributed by atoms with E-state index >= 15 is 0 Å². The molecule has 0 aromatic carbocycles. The molecule has 3 unspecified atom stereocenters. The van der Waals surface area contributed by atoms with Gasteiger partial charge in [0.2, 0.25) is 6.04 Å². The molecule has 104 valence electrons. The number of hydrogen-bond acceptors (Lipinski definition) is 5. The van der Waals surface area contributed by atoms with Gasteiger partial charge in [-0.2, -0.15) is 0 Å². The minimum Gasteiger partial charge on any atom is -0.459 e. The van der Waals surface area contributed by atoms with E-state index in [1.54, 1.807) is 19.9 Å². The minimum absolute atomic E-state index is 0.302. The second kappa shape index (κ2) is 6.17. The molecule has 0 bridgehead atoms. The van der Waals surface area contributed by atoms with E-state index in [0.717, 1.165) is 0 Å². The number of allylic oxidation sites excluding steroid dienone is 1. The van der Waals surface area contributed by atoms with Crippen molar-refractivity contribution in [3.63, 3.8) is 0 Å². The molecule has 0 aromatic rings. The quantitative estimate of drug-likeness (QED) is 0.352. The number of ether oxygens (including phenoxy) is 1. The Morgan fingerprint density at radius 2 is 2.32 bits per heavy atom. The van der Waals surface area contributed by atoms with Gasteiger partial charge in [-0.05, 0) is 32.4 Å². The number of nitro groups is 1. The van der Waals surface area contributed by atoms with Crippen LogP contribution in [0.25, 0.3) is 0 Å². The van der Waals surface area contributed by atoms with Crippen LogP contribution in [-0.2, 0) is 9.53 Å². The summed E-state index contributed by atoms with van der Waals surface area (Å²) in [6.45, 7) is 6.73. The highest BCUT2D eigenvalue weighted by Crippen LogP contribution is 2.23. The summed E-state index contributed by atoms with van der Waals surface area (Å²) in [5, 5.41) is 10.9. The molecule has 0 aromatic heterocycles. The Labute approximate surface area is 111 Å². The lowest BCUT2D eigenvalue weighted by Gasteiger charge is -2.22. The first-order valence-corrected chi connectivity index (χ1v) is 5.96. The van der Waals surface area contributed by atoms with Crippen LogP contribution in [-0.4, -0.2) is 23.0 Å². The summed E-state index contributed by atoms with van der Waals surface area (Å²) in [5.74, 6) is -0.874. The number of carbonyl (C=O) groups excluding carboxylic acids is 1. The Morgan fingerprint density at radius 3 is 2.84 bits per heavy atom. The number of nitrogens with two attached hydrogens (primary N) is 1. The van der Waals surface area contributed by atoms with Crippen LogP contribution >= 0.6 is 0 Å². The molecule has 6 nitrogen and oxygen atoms in total. The molecule has 2 N–H and O–H groups in total. The van der Waals surface area contributed by atoms with E-state index in [1.807, 2.05) is 0 Å². The van der Waals surface area contributed by atoms with Gasteiger partial charge in [0, 0.05) is 16.2 Å². The van der Waals surface area contributed by atoms with Crippen LogP contribution < -0.4 is 5.73 Å². The van der Waals surface area contributed by atoms with E-state index in [1.165, 1.54) is 12.2 Å². The fourth-order valence-corrected chi connectivity index (χ4v) is 1.90. The van der Waals surface area contributed by atoms with Crippen molar-refractivity contribution >= 4 is 5.97 Å². The topological polar surface area (TPSA) is 95.5 Å². The van der Waals surface area contributed by atoms with Gasteiger partial charge < -0.3 is 10.5 Å². The SMILES string of the molecule is C=C(C)C(=O)OC(C)CC1C=C(N)C=CC1[N+](=O)[O-]. The molecule has 0 heterocycles. The lowest BCUT2D eigenvalue weighted by Crippen LogP contribution is -2.32. The number of hydrogen-bond donors (Lipinski definition) is 1. The highest BCUT2D eigenvalue weighted by molar-refractivity contribution is 5.87. The third-order valence-corrected chi connectivity index (χ3v) is 2.84. The highest BCUT2D eigenvalue weighted by atomic mass is 16.6. The molecule has 1 aliphatic carbocycles. The lowest BCUT2D eigenvalue weighted by atomic mass is 9.89. The summed E-state index contributed by atoms with van der Waals surface area (Å²) in [6.07, 6.45) is 4.53. The van der Waals surface area contributed by atoms with E-state index in [9.17, 15) is 14.9 Å². The molecule has 0 amide bonds.